The number of aryl methyl sites for hydroxylation is 1. The lowest BCUT2D eigenvalue weighted by molar-refractivity contribution is 0.102. The average molecular weight is 358 g/mol. The van der Waals surface area contributed by atoms with Crippen molar-refractivity contribution in [3.05, 3.63) is 62.6 Å². The molecule has 0 aliphatic carbocycles. The van der Waals surface area contributed by atoms with Gasteiger partial charge in [0.2, 0.25) is 0 Å². The van der Waals surface area contributed by atoms with Crippen molar-refractivity contribution in [3.63, 3.8) is 0 Å². The molecule has 0 aliphatic heterocycles. The molecule has 0 aromatic heterocycles. The summed E-state index contributed by atoms with van der Waals surface area (Å²) in [7, 11) is 0. The Morgan fingerprint density at radius 3 is 2.30 bits per heavy atom. The molecule has 2 aromatic carbocycles. The fourth-order valence-corrected chi connectivity index (χ4v) is 2.87. The maximum absolute atomic E-state index is 13.4. The smallest absolute Gasteiger partial charge is 0.257 e. The molecule has 0 unspecified atom stereocenters. The van der Waals surface area contributed by atoms with Crippen molar-refractivity contribution < 1.29 is 13.6 Å². The number of carbonyl (C=O) groups is 1. The van der Waals surface area contributed by atoms with Crippen molar-refractivity contribution in [2.24, 2.45) is 0 Å². The minimum atomic E-state index is -1.13. The van der Waals surface area contributed by atoms with E-state index in [2.05, 4.69) is 5.32 Å². The van der Waals surface area contributed by atoms with Gasteiger partial charge in [0.05, 0.1) is 10.6 Å². The Labute approximate surface area is 143 Å². The minimum Gasteiger partial charge on any atom is -0.321 e. The van der Waals surface area contributed by atoms with Gasteiger partial charge in [0.15, 0.2) is 11.6 Å². The van der Waals surface area contributed by atoms with Crippen LogP contribution in [0.15, 0.2) is 24.3 Å². The van der Waals surface area contributed by atoms with E-state index in [1.54, 1.807) is 6.07 Å². The molecule has 0 bridgehead atoms. The van der Waals surface area contributed by atoms with Crippen LogP contribution in [0.1, 0.15) is 35.3 Å². The number of nitrogens with one attached hydrogen (secondary N) is 1. The Bertz CT molecular complexity index is 763. The van der Waals surface area contributed by atoms with E-state index in [4.69, 9.17) is 23.2 Å². The van der Waals surface area contributed by atoms with Gasteiger partial charge in [-0.3, -0.25) is 4.79 Å². The SMILES string of the molecule is CCc1ccc(Cl)c(CC)c1NC(=O)c1cc(F)c(F)cc1Cl. The van der Waals surface area contributed by atoms with E-state index in [1.807, 2.05) is 19.9 Å². The van der Waals surface area contributed by atoms with E-state index in [0.29, 0.717) is 23.6 Å². The maximum Gasteiger partial charge on any atom is 0.257 e. The standard InChI is InChI=1S/C17H15Cl2F2NO/c1-3-9-5-6-12(18)10(4-2)16(9)22-17(23)11-7-14(20)15(21)8-13(11)19/h5-8H,3-4H2,1-2H3,(H,22,23). The number of benzene rings is 2. The summed E-state index contributed by atoms with van der Waals surface area (Å²) in [5, 5.41) is 3.11. The van der Waals surface area contributed by atoms with E-state index < -0.39 is 17.5 Å². The Kier molecular flexibility index (Phi) is 5.60. The number of hydrogen-bond donors (Lipinski definition) is 1. The third-order valence-corrected chi connectivity index (χ3v) is 4.24. The lowest BCUT2D eigenvalue weighted by Gasteiger charge is -2.16. The summed E-state index contributed by atoms with van der Waals surface area (Å²) in [5.41, 5.74) is 2.15. The molecule has 2 nitrogen and oxygen atoms in total. The van der Waals surface area contributed by atoms with Gasteiger partial charge in [-0.2, -0.15) is 0 Å². The summed E-state index contributed by atoms with van der Waals surface area (Å²) in [6.45, 7) is 3.86. The zero-order valence-corrected chi connectivity index (χ0v) is 14.2. The van der Waals surface area contributed by atoms with Crippen molar-refractivity contribution in [1.82, 2.24) is 0 Å². The summed E-state index contributed by atoms with van der Waals surface area (Å²) < 4.78 is 26.5. The molecule has 0 saturated heterocycles. The number of anilines is 1. The van der Waals surface area contributed by atoms with Gasteiger partial charge >= 0.3 is 0 Å². The van der Waals surface area contributed by atoms with Crippen LogP contribution in [0, 0.1) is 11.6 Å². The first-order valence-corrected chi connectivity index (χ1v) is 7.90. The highest BCUT2D eigenvalue weighted by atomic mass is 35.5. The quantitative estimate of drug-likeness (QED) is 0.703. The van der Waals surface area contributed by atoms with Crippen LogP contribution in [0.4, 0.5) is 14.5 Å². The van der Waals surface area contributed by atoms with Crippen LogP contribution in [0.2, 0.25) is 10.0 Å². The van der Waals surface area contributed by atoms with Crippen LogP contribution in [0.25, 0.3) is 0 Å². The van der Waals surface area contributed by atoms with E-state index >= 15 is 0 Å². The molecular formula is C17H15Cl2F2NO. The largest absolute Gasteiger partial charge is 0.321 e. The summed E-state index contributed by atoms with van der Waals surface area (Å²) in [4.78, 5) is 12.4. The monoisotopic (exact) mass is 357 g/mol. The van der Waals surface area contributed by atoms with Crippen LogP contribution < -0.4 is 5.32 Å². The van der Waals surface area contributed by atoms with Crippen molar-refractivity contribution in [1.29, 1.82) is 0 Å². The molecule has 0 atom stereocenters. The van der Waals surface area contributed by atoms with Gasteiger partial charge in [-0.25, -0.2) is 8.78 Å². The first kappa shape index (κ1) is 17.7. The molecule has 2 rings (SSSR count). The van der Waals surface area contributed by atoms with Gasteiger partial charge in [0, 0.05) is 10.7 Å². The Hall–Kier alpha value is -1.65. The first-order valence-electron chi connectivity index (χ1n) is 7.15. The molecule has 0 fully saturated rings. The van der Waals surface area contributed by atoms with Gasteiger partial charge in [-0.05, 0) is 42.2 Å². The lowest BCUT2D eigenvalue weighted by Crippen LogP contribution is -2.16. The van der Waals surface area contributed by atoms with E-state index in [1.165, 1.54) is 0 Å². The van der Waals surface area contributed by atoms with Crippen molar-refractivity contribution in [2.75, 3.05) is 5.32 Å². The third kappa shape index (κ3) is 3.65. The molecule has 0 saturated carbocycles. The van der Waals surface area contributed by atoms with Crippen LogP contribution in [-0.2, 0) is 12.8 Å². The van der Waals surface area contributed by atoms with Gasteiger partial charge < -0.3 is 5.32 Å². The van der Waals surface area contributed by atoms with Crippen LogP contribution in [0.3, 0.4) is 0 Å². The maximum atomic E-state index is 13.4. The molecule has 1 N–H and O–H groups in total. The number of carbonyl (C=O) groups excluding carboxylic acids is 1. The fourth-order valence-electron chi connectivity index (χ4n) is 2.34. The second kappa shape index (κ2) is 7.28. The molecule has 6 heteroatoms. The predicted molar refractivity (Wildman–Crippen MR) is 89.5 cm³/mol. The van der Waals surface area contributed by atoms with Gasteiger partial charge in [-0.15, -0.1) is 0 Å². The predicted octanol–water partition coefficient (Wildman–Crippen LogP) is 5.65. The molecular weight excluding hydrogens is 343 g/mol. The van der Waals surface area contributed by atoms with Crippen molar-refractivity contribution in [2.45, 2.75) is 26.7 Å². The molecule has 0 radical (unpaired) electrons. The molecule has 0 spiro atoms. The summed E-state index contributed by atoms with van der Waals surface area (Å²) in [5.74, 6) is -2.84. The number of halogens is 4. The Morgan fingerprint density at radius 2 is 1.70 bits per heavy atom. The Morgan fingerprint density at radius 1 is 1.04 bits per heavy atom. The number of rotatable bonds is 4. The zero-order chi connectivity index (χ0) is 17.1. The summed E-state index contributed by atoms with van der Waals surface area (Å²) in [6.07, 6.45) is 1.30. The molecule has 0 aliphatic rings. The summed E-state index contributed by atoms with van der Waals surface area (Å²) in [6, 6.07) is 5.17. The molecule has 1 amide bonds. The van der Waals surface area contributed by atoms with Crippen LogP contribution in [0.5, 0.6) is 0 Å². The van der Waals surface area contributed by atoms with Crippen LogP contribution >= 0.6 is 23.2 Å². The summed E-state index contributed by atoms with van der Waals surface area (Å²) >= 11 is 12.0. The van der Waals surface area contributed by atoms with E-state index in [0.717, 1.165) is 23.3 Å². The first-order chi connectivity index (χ1) is 10.9. The fraction of sp³-hybridized carbons (Fsp3) is 0.235. The lowest BCUT2D eigenvalue weighted by atomic mass is 10.0. The minimum absolute atomic E-state index is 0.130. The van der Waals surface area contributed by atoms with E-state index in [9.17, 15) is 13.6 Å². The second-order valence-corrected chi connectivity index (χ2v) is 5.78. The number of hydrogen-bond acceptors (Lipinski definition) is 1. The highest BCUT2D eigenvalue weighted by molar-refractivity contribution is 6.34. The van der Waals surface area contributed by atoms with E-state index in [-0.39, 0.29) is 10.6 Å². The Balaban J connectivity index is 2.45. The third-order valence-electron chi connectivity index (χ3n) is 3.57. The van der Waals surface area contributed by atoms with Crippen molar-refractivity contribution in [3.8, 4) is 0 Å². The van der Waals surface area contributed by atoms with Crippen LogP contribution in [-0.4, -0.2) is 5.91 Å². The highest BCUT2D eigenvalue weighted by Gasteiger charge is 2.18. The molecule has 23 heavy (non-hydrogen) atoms. The van der Waals surface area contributed by atoms with Gasteiger partial charge in [-0.1, -0.05) is 43.1 Å². The zero-order valence-electron chi connectivity index (χ0n) is 12.6. The molecule has 2 aromatic rings. The highest BCUT2D eigenvalue weighted by Crippen LogP contribution is 2.30. The van der Waals surface area contributed by atoms with Gasteiger partial charge in [0.25, 0.3) is 5.91 Å². The second-order valence-electron chi connectivity index (χ2n) is 4.97. The van der Waals surface area contributed by atoms with Gasteiger partial charge in [0.1, 0.15) is 0 Å². The normalized spacial score (nSPS) is 10.7. The average Bonchev–Trinajstić information content (AvgIpc) is 2.51. The topological polar surface area (TPSA) is 29.1 Å². The molecule has 0 heterocycles. The number of amides is 1. The molecule has 122 valence electrons. The van der Waals surface area contributed by atoms with Crippen molar-refractivity contribution >= 4 is 34.8 Å².